The number of aliphatic hydroxyl groups is 1. The average Bonchev–Trinajstić information content (AvgIpc) is 2.83. The molecule has 1 saturated heterocycles. The summed E-state index contributed by atoms with van der Waals surface area (Å²) >= 11 is 0. The van der Waals surface area contributed by atoms with Gasteiger partial charge in [-0.1, -0.05) is 37.6 Å². The molecule has 1 fully saturated rings. The van der Waals surface area contributed by atoms with Gasteiger partial charge in [0, 0.05) is 38.4 Å². The number of hydrogen-bond donors (Lipinski definition) is 2. The van der Waals surface area contributed by atoms with Gasteiger partial charge in [-0.15, -0.1) is 0 Å². The molecule has 1 heterocycles. The molecule has 0 spiro atoms. The molecule has 0 radical (unpaired) electrons. The topological polar surface area (TPSA) is 74.3 Å². The quantitative estimate of drug-likeness (QED) is 0.513. The highest BCUT2D eigenvalue weighted by molar-refractivity contribution is 5.92. The molecule has 1 atom stereocenters. The summed E-state index contributed by atoms with van der Waals surface area (Å²) < 4.78 is 11.0. The van der Waals surface area contributed by atoms with Crippen molar-refractivity contribution in [3.63, 3.8) is 0 Å². The molecule has 1 unspecified atom stereocenters. The number of carbonyl (C=O) groups excluding carboxylic acids is 1. The summed E-state index contributed by atoms with van der Waals surface area (Å²) in [5.74, 6) is 1.30. The third kappa shape index (κ3) is 8.35. The van der Waals surface area contributed by atoms with Crippen LogP contribution in [0.4, 0.5) is 5.69 Å². The van der Waals surface area contributed by atoms with Gasteiger partial charge in [-0.2, -0.15) is 0 Å². The Kier molecular flexibility index (Phi) is 10.00. The van der Waals surface area contributed by atoms with Crippen LogP contribution in [0.1, 0.15) is 25.3 Å². The van der Waals surface area contributed by atoms with Crippen LogP contribution in [0.3, 0.4) is 0 Å². The molecule has 3 rings (SSSR count). The van der Waals surface area contributed by atoms with E-state index < -0.39 is 6.10 Å². The molecule has 2 aromatic carbocycles. The number of anilines is 1. The molecule has 33 heavy (non-hydrogen) atoms. The number of ether oxygens (including phenoxy) is 2. The molecular formula is C26H37N3O4. The maximum atomic E-state index is 12.4. The molecule has 2 aromatic rings. The third-order valence-electron chi connectivity index (χ3n) is 5.86. The Balaban J connectivity index is 1.34. The lowest BCUT2D eigenvalue weighted by Crippen LogP contribution is -2.50. The van der Waals surface area contributed by atoms with E-state index in [1.807, 2.05) is 36.4 Å². The first-order valence-electron chi connectivity index (χ1n) is 11.8. The van der Waals surface area contributed by atoms with Crippen molar-refractivity contribution in [3.8, 4) is 11.5 Å². The number of nitrogens with one attached hydrogen (secondary N) is 1. The van der Waals surface area contributed by atoms with Crippen LogP contribution in [0.25, 0.3) is 0 Å². The number of amides is 1. The summed E-state index contributed by atoms with van der Waals surface area (Å²) in [6.07, 6.45) is 2.85. The van der Waals surface area contributed by atoms with Crippen molar-refractivity contribution in [1.29, 1.82) is 0 Å². The molecular weight excluding hydrogens is 418 g/mol. The summed E-state index contributed by atoms with van der Waals surface area (Å²) in [5, 5.41) is 13.4. The number of methoxy groups -OCH3 is 1. The minimum absolute atomic E-state index is 0.00926. The van der Waals surface area contributed by atoms with E-state index in [0.29, 0.717) is 24.6 Å². The van der Waals surface area contributed by atoms with Crippen LogP contribution >= 0.6 is 0 Å². The zero-order chi connectivity index (χ0) is 23.5. The molecule has 0 aromatic heterocycles. The number of benzene rings is 2. The molecule has 1 amide bonds. The van der Waals surface area contributed by atoms with Gasteiger partial charge in [0.05, 0.1) is 13.7 Å². The first-order valence-corrected chi connectivity index (χ1v) is 11.8. The predicted octanol–water partition coefficient (Wildman–Crippen LogP) is 3.03. The molecule has 0 aliphatic carbocycles. The van der Waals surface area contributed by atoms with Gasteiger partial charge in [-0.25, -0.2) is 0 Å². The Morgan fingerprint density at radius 1 is 1.03 bits per heavy atom. The number of piperazine rings is 1. The second-order valence-corrected chi connectivity index (χ2v) is 8.54. The van der Waals surface area contributed by atoms with Gasteiger partial charge in [-0.05, 0) is 42.7 Å². The lowest BCUT2D eigenvalue weighted by molar-refractivity contribution is -0.117. The fourth-order valence-electron chi connectivity index (χ4n) is 3.94. The summed E-state index contributed by atoms with van der Waals surface area (Å²) in [5.41, 5.74) is 2.15. The van der Waals surface area contributed by atoms with Crippen LogP contribution in [-0.2, 0) is 11.2 Å². The van der Waals surface area contributed by atoms with E-state index in [-0.39, 0.29) is 12.5 Å². The SMILES string of the molecule is CCCCc1ccc(NC(=O)CN2CCN(CC(O)COc3ccccc3OC)CC2)cc1. The number of β-amino-alcohol motifs (C(OH)–C–C–N with tert-alkyl or cyclic N) is 1. The van der Waals surface area contributed by atoms with Crippen LogP contribution in [-0.4, -0.2) is 79.9 Å². The summed E-state index contributed by atoms with van der Waals surface area (Å²) in [6.45, 7) is 6.53. The van der Waals surface area contributed by atoms with Gasteiger partial charge in [0.2, 0.25) is 5.91 Å². The van der Waals surface area contributed by atoms with Crippen molar-refractivity contribution in [1.82, 2.24) is 9.80 Å². The van der Waals surface area contributed by atoms with E-state index in [1.165, 1.54) is 18.4 Å². The van der Waals surface area contributed by atoms with E-state index in [2.05, 4.69) is 34.2 Å². The fraction of sp³-hybridized carbons (Fsp3) is 0.500. The van der Waals surface area contributed by atoms with Crippen LogP contribution in [0.5, 0.6) is 11.5 Å². The summed E-state index contributed by atoms with van der Waals surface area (Å²) in [4.78, 5) is 16.8. The molecule has 1 aliphatic rings. The number of aliphatic hydroxyl groups excluding tert-OH is 1. The van der Waals surface area contributed by atoms with Crippen molar-refractivity contribution < 1.29 is 19.4 Å². The first kappa shape index (κ1) is 25.0. The van der Waals surface area contributed by atoms with Crippen molar-refractivity contribution >= 4 is 11.6 Å². The van der Waals surface area contributed by atoms with Crippen LogP contribution in [0.2, 0.25) is 0 Å². The summed E-state index contributed by atoms with van der Waals surface area (Å²) in [7, 11) is 1.60. The largest absolute Gasteiger partial charge is 0.493 e. The lowest BCUT2D eigenvalue weighted by Gasteiger charge is -2.35. The minimum Gasteiger partial charge on any atom is -0.493 e. The third-order valence-corrected chi connectivity index (χ3v) is 5.86. The maximum Gasteiger partial charge on any atom is 0.238 e. The second kappa shape index (κ2) is 13.2. The number of rotatable bonds is 12. The standard InChI is InChI=1S/C26H37N3O4/c1-3-4-7-21-10-12-22(13-11-21)27-26(31)19-29-16-14-28(15-17-29)18-23(30)20-33-25-9-6-5-8-24(25)32-2/h5-6,8-13,23,30H,3-4,7,14-20H2,1-2H3,(H,27,31). The Morgan fingerprint density at radius 3 is 2.36 bits per heavy atom. The zero-order valence-electron chi connectivity index (χ0n) is 19.8. The molecule has 2 N–H and O–H groups in total. The van der Waals surface area contributed by atoms with Gasteiger partial charge in [0.15, 0.2) is 11.5 Å². The van der Waals surface area contributed by atoms with E-state index in [9.17, 15) is 9.90 Å². The fourth-order valence-corrected chi connectivity index (χ4v) is 3.94. The van der Waals surface area contributed by atoms with E-state index in [1.54, 1.807) is 7.11 Å². The molecule has 0 saturated carbocycles. The van der Waals surface area contributed by atoms with Crippen molar-refractivity contribution in [3.05, 3.63) is 54.1 Å². The Hall–Kier alpha value is -2.61. The van der Waals surface area contributed by atoms with Gasteiger partial charge < -0.3 is 19.9 Å². The lowest BCUT2D eigenvalue weighted by atomic mass is 10.1. The molecule has 7 nitrogen and oxygen atoms in total. The number of aryl methyl sites for hydroxylation is 1. The normalized spacial score (nSPS) is 15.7. The zero-order valence-corrected chi connectivity index (χ0v) is 19.8. The van der Waals surface area contributed by atoms with E-state index in [4.69, 9.17) is 9.47 Å². The van der Waals surface area contributed by atoms with Crippen molar-refractivity contribution in [2.45, 2.75) is 32.3 Å². The van der Waals surface area contributed by atoms with E-state index in [0.717, 1.165) is 38.3 Å². The highest BCUT2D eigenvalue weighted by Gasteiger charge is 2.21. The van der Waals surface area contributed by atoms with Crippen molar-refractivity contribution in [2.24, 2.45) is 0 Å². The number of carbonyl (C=O) groups is 1. The monoisotopic (exact) mass is 455 g/mol. The highest BCUT2D eigenvalue weighted by Crippen LogP contribution is 2.25. The van der Waals surface area contributed by atoms with Crippen molar-refractivity contribution in [2.75, 3.05) is 58.3 Å². The van der Waals surface area contributed by atoms with E-state index >= 15 is 0 Å². The van der Waals surface area contributed by atoms with Crippen LogP contribution in [0, 0.1) is 0 Å². The number of para-hydroxylation sites is 2. The first-order chi connectivity index (χ1) is 16.1. The molecule has 0 bridgehead atoms. The number of hydrogen-bond acceptors (Lipinski definition) is 6. The second-order valence-electron chi connectivity index (χ2n) is 8.54. The molecule has 180 valence electrons. The highest BCUT2D eigenvalue weighted by atomic mass is 16.5. The minimum atomic E-state index is -0.593. The Labute approximate surface area is 197 Å². The van der Waals surface area contributed by atoms with Gasteiger partial charge in [0.25, 0.3) is 0 Å². The maximum absolute atomic E-state index is 12.4. The average molecular weight is 456 g/mol. The summed E-state index contributed by atoms with van der Waals surface area (Å²) in [6, 6.07) is 15.6. The number of nitrogens with zero attached hydrogens (tertiary/aromatic N) is 2. The van der Waals surface area contributed by atoms with Gasteiger partial charge >= 0.3 is 0 Å². The Bertz CT molecular complexity index is 851. The molecule has 7 heteroatoms. The molecule has 1 aliphatic heterocycles. The predicted molar refractivity (Wildman–Crippen MR) is 131 cm³/mol. The number of unbranched alkanes of at least 4 members (excludes halogenated alkanes) is 1. The smallest absolute Gasteiger partial charge is 0.238 e. The Morgan fingerprint density at radius 2 is 1.70 bits per heavy atom. The van der Waals surface area contributed by atoms with Gasteiger partial charge in [0.1, 0.15) is 12.7 Å². The van der Waals surface area contributed by atoms with Crippen LogP contribution in [0.15, 0.2) is 48.5 Å². The van der Waals surface area contributed by atoms with Gasteiger partial charge in [-0.3, -0.25) is 14.6 Å². The van der Waals surface area contributed by atoms with Crippen LogP contribution < -0.4 is 14.8 Å².